The van der Waals surface area contributed by atoms with Gasteiger partial charge >= 0.3 is 0 Å². The summed E-state index contributed by atoms with van der Waals surface area (Å²) in [5.74, 6) is 0.524. The number of nitrogens with one attached hydrogen (secondary N) is 1. The number of rotatable bonds is 9. The maximum atomic E-state index is 13.1. The standard InChI is InChI=1S/C26H35BrN2O3/c1-18(2)15-28-25(31)19(3)29(16-20-10-8-7-9-11-20)24(30)17-32-23-13-12-21(14-22(23)27)26(4,5)6/h7-14,18-19H,15-17H2,1-6H3,(H,28,31). The van der Waals surface area contributed by atoms with Crippen molar-refractivity contribution in [2.24, 2.45) is 5.92 Å². The molecule has 0 aliphatic rings. The predicted molar refractivity (Wildman–Crippen MR) is 133 cm³/mol. The molecule has 32 heavy (non-hydrogen) atoms. The third kappa shape index (κ3) is 7.66. The molecule has 0 bridgehead atoms. The van der Waals surface area contributed by atoms with E-state index < -0.39 is 6.04 Å². The van der Waals surface area contributed by atoms with Crippen molar-refractivity contribution in [2.45, 2.75) is 59.5 Å². The molecule has 6 heteroatoms. The Labute approximate surface area is 200 Å². The van der Waals surface area contributed by atoms with Crippen LogP contribution in [0.1, 0.15) is 52.7 Å². The summed E-state index contributed by atoms with van der Waals surface area (Å²) in [6, 6.07) is 14.9. The molecule has 0 heterocycles. The highest BCUT2D eigenvalue weighted by molar-refractivity contribution is 9.10. The van der Waals surface area contributed by atoms with Crippen molar-refractivity contribution in [3.05, 3.63) is 64.1 Å². The van der Waals surface area contributed by atoms with E-state index in [-0.39, 0.29) is 23.8 Å². The molecule has 2 amide bonds. The molecule has 0 radical (unpaired) electrons. The first-order valence-electron chi connectivity index (χ1n) is 11.0. The van der Waals surface area contributed by atoms with Gasteiger partial charge in [-0.2, -0.15) is 0 Å². The molecule has 0 aliphatic carbocycles. The molecule has 0 aliphatic heterocycles. The van der Waals surface area contributed by atoms with E-state index in [1.807, 2.05) is 62.4 Å². The topological polar surface area (TPSA) is 58.6 Å². The molecule has 2 aromatic rings. The van der Waals surface area contributed by atoms with E-state index in [0.717, 1.165) is 10.0 Å². The van der Waals surface area contributed by atoms with E-state index in [9.17, 15) is 9.59 Å². The lowest BCUT2D eigenvalue weighted by atomic mass is 9.87. The summed E-state index contributed by atoms with van der Waals surface area (Å²) in [7, 11) is 0. The van der Waals surface area contributed by atoms with E-state index in [1.54, 1.807) is 11.8 Å². The minimum atomic E-state index is -0.614. The first-order valence-corrected chi connectivity index (χ1v) is 11.8. The highest BCUT2D eigenvalue weighted by Crippen LogP contribution is 2.31. The molecule has 0 spiro atoms. The van der Waals surface area contributed by atoms with Crippen LogP contribution in [0.15, 0.2) is 53.0 Å². The summed E-state index contributed by atoms with van der Waals surface area (Å²) in [5.41, 5.74) is 2.14. The van der Waals surface area contributed by atoms with Crippen LogP contribution in [0.3, 0.4) is 0 Å². The third-order valence-corrected chi connectivity index (χ3v) is 5.82. The fourth-order valence-electron chi connectivity index (χ4n) is 3.12. The second-order valence-electron chi connectivity index (χ2n) is 9.51. The Bertz CT molecular complexity index is 907. The summed E-state index contributed by atoms with van der Waals surface area (Å²) in [4.78, 5) is 27.4. The lowest BCUT2D eigenvalue weighted by Gasteiger charge is -2.29. The van der Waals surface area contributed by atoms with Gasteiger partial charge in [-0.25, -0.2) is 0 Å². The molecule has 2 aromatic carbocycles. The van der Waals surface area contributed by atoms with Gasteiger partial charge in [-0.05, 0) is 57.4 Å². The number of amides is 2. The highest BCUT2D eigenvalue weighted by Gasteiger charge is 2.27. The molecule has 0 saturated heterocycles. The number of halogens is 1. The SMILES string of the molecule is CC(C)CNC(=O)C(C)N(Cc1ccccc1)C(=O)COc1ccc(C(C)(C)C)cc1Br. The molecule has 0 fully saturated rings. The van der Waals surface area contributed by atoms with E-state index in [0.29, 0.717) is 24.8 Å². The van der Waals surface area contributed by atoms with Crippen LogP contribution in [0.4, 0.5) is 0 Å². The van der Waals surface area contributed by atoms with Crippen molar-refractivity contribution in [1.82, 2.24) is 10.2 Å². The molecule has 2 rings (SSSR count). The first kappa shape index (κ1) is 25.9. The van der Waals surface area contributed by atoms with E-state index in [1.165, 1.54) is 5.56 Å². The van der Waals surface area contributed by atoms with Gasteiger partial charge in [-0.15, -0.1) is 0 Å². The second-order valence-corrected chi connectivity index (χ2v) is 10.4. The monoisotopic (exact) mass is 502 g/mol. The quantitative estimate of drug-likeness (QED) is 0.504. The Kier molecular flexibility index (Phi) is 9.32. The summed E-state index contributed by atoms with van der Waals surface area (Å²) < 4.78 is 6.64. The Morgan fingerprint density at radius 2 is 1.72 bits per heavy atom. The minimum Gasteiger partial charge on any atom is -0.483 e. The van der Waals surface area contributed by atoms with Gasteiger partial charge < -0.3 is 15.0 Å². The van der Waals surface area contributed by atoms with Crippen molar-refractivity contribution in [2.75, 3.05) is 13.2 Å². The van der Waals surface area contributed by atoms with E-state index in [4.69, 9.17) is 4.74 Å². The molecular weight excluding hydrogens is 468 g/mol. The number of nitrogens with zero attached hydrogens (tertiary/aromatic N) is 1. The molecular formula is C26H35BrN2O3. The molecule has 5 nitrogen and oxygen atoms in total. The smallest absolute Gasteiger partial charge is 0.261 e. The van der Waals surface area contributed by atoms with Crippen molar-refractivity contribution in [3.8, 4) is 5.75 Å². The number of benzene rings is 2. The van der Waals surface area contributed by atoms with Crippen LogP contribution in [0, 0.1) is 5.92 Å². The van der Waals surface area contributed by atoms with E-state index >= 15 is 0 Å². The van der Waals surface area contributed by atoms with Crippen molar-refractivity contribution in [3.63, 3.8) is 0 Å². The van der Waals surface area contributed by atoms with Crippen LogP contribution in [-0.4, -0.2) is 35.9 Å². The molecule has 1 unspecified atom stereocenters. The maximum absolute atomic E-state index is 13.1. The second kappa shape index (κ2) is 11.5. The zero-order chi connectivity index (χ0) is 23.9. The van der Waals surface area contributed by atoms with E-state index in [2.05, 4.69) is 42.0 Å². The van der Waals surface area contributed by atoms with Crippen LogP contribution in [0.2, 0.25) is 0 Å². The van der Waals surface area contributed by atoms with Crippen molar-refractivity contribution >= 4 is 27.7 Å². The van der Waals surface area contributed by atoms with Gasteiger partial charge in [0.05, 0.1) is 4.47 Å². The first-order chi connectivity index (χ1) is 15.0. The van der Waals surface area contributed by atoms with Crippen LogP contribution in [0.25, 0.3) is 0 Å². The molecule has 1 N–H and O–H groups in total. The number of hydrogen-bond donors (Lipinski definition) is 1. The van der Waals surface area contributed by atoms with Crippen molar-refractivity contribution in [1.29, 1.82) is 0 Å². The summed E-state index contributed by atoms with van der Waals surface area (Å²) >= 11 is 3.55. The van der Waals surface area contributed by atoms with Gasteiger partial charge in [0.1, 0.15) is 11.8 Å². The predicted octanol–water partition coefficient (Wildman–Crippen LogP) is 5.31. The Balaban J connectivity index is 2.14. The molecule has 0 saturated carbocycles. The molecule has 0 aromatic heterocycles. The zero-order valence-corrected chi connectivity index (χ0v) is 21.5. The van der Waals surface area contributed by atoms with Gasteiger partial charge in [-0.3, -0.25) is 9.59 Å². The van der Waals surface area contributed by atoms with Crippen LogP contribution in [-0.2, 0) is 21.5 Å². The normalized spacial score (nSPS) is 12.4. The van der Waals surface area contributed by atoms with Crippen LogP contribution < -0.4 is 10.1 Å². The lowest BCUT2D eigenvalue weighted by molar-refractivity contribution is -0.142. The lowest BCUT2D eigenvalue weighted by Crippen LogP contribution is -2.49. The largest absolute Gasteiger partial charge is 0.483 e. The summed E-state index contributed by atoms with van der Waals surface area (Å²) in [5, 5.41) is 2.93. The third-order valence-electron chi connectivity index (χ3n) is 5.20. The summed E-state index contributed by atoms with van der Waals surface area (Å²) in [6.07, 6.45) is 0. The zero-order valence-electron chi connectivity index (χ0n) is 19.9. The number of carbonyl (C=O) groups excluding carboxylic acids is 2. The van der Waals surface area contributed by atoms with Crippen LogP contribution >= 0.6 is 15.9 Å². The van der Waals surface area contributed by atoms with Gasteiger partial charge in [0.2, 0.25) is 5.91 Å². The highest BCUT2D eigenvalue weighted by atomic mass is 79.9. The minimum absolute atomic E-state index is 0.0160. The molecule has 1 atom stereocenters. The van der Waals surface area contributed by atoms with Crippen LogP contribution in [0.5, 0.6) is 5.75 Å². The Morgan fingerprint density at radius 1 is 1.06 bits per heavy atom. The van der Waals surface area contributed by atoms with Gasteiger partial charge in [0.25, 0.3) is 5.91 Å². The number of hydrogen-bond acceptors (Lipinski definition) is 3. The fourth-order valence-corrected chi connectivity index (χ4v) is 3.62. The van der Waals surface area contributed by atoms with Gasteiger partial charge in [-0.1, -0.05) is 71.0 Å². The van der Waals surface area contributed by atoms with Gasteiger partial charge in [0.15, 0.2) is 6.61 Å². The summed E-state index contributed by atoms with van der Waals surface area (Å²) in [6.45, 7) is 13.0. The van der Waals surface area contributed by atoms with Crippen molar-refractivity contribution < 1.29 is 14.3 Å². The maximum Gasteiger partial charge on any atom is 0.261 e. The van der Waals surface area contributed by atoms with Gasteiger partial charge in [0, 0.05) is 13.1 Å². The Hall–Kier alpha value is -2.34. The average molecular weight is 503 g/mol. The number of ether oxygens (including phenoxy) is 1. The number of carbonyl (C=O) groups is 2. The average Bonchev–Trinajstić information content (AvgIpc) is 2.74. The Morgan fingerprint density at radius 3 is 2.28 bits per heavy atom. The fraction of sp³-hybridized carbons (Fsp3) is 0.462. The molecule has 174 valence electrons.